The number of ether oxygens (including phenoxy) is 2. The largest absolute Gasteiger partial charge is 0.380 e. The Morgan fingerprint density at radius 3 is 2.23 bits per heavy atom. The monoisotopic (exact) mass is 434 g/mol. The molecule has 178 valence electrons. The van der Waals surface area contributed by atoms with E-state index in [1.807, 2.05) is 27.7 Å². The summed E-state index contributed by atoms with van der Waals surface area (Å²) in [6, 6.07) is -0.550. The van der Waals surface area contributed by atoms with Gasteiger partial charge >= 0.3 is 6.03 Å². The molecule has 11 nitrogen and oxygen atoms in total. The molecular weight excluding hydrogens is 392 g/mol. The molecule has 0 rings (SSSR count). The van der Waals surface area contributed by atoms with Gasteiger partial charge in [-0.2, -0.15) is 0 Å². The number of carbonyl (C=O) groups excluding carboxylic acids is 2. The minimum Gasteiger partial charge on any atom is -0.380 e. The molecule has 0 spiro atoms. The van der Waals surface area contributed by atoms with Crippen LogP contribution in [-0.2, 0) is 19.1 Å². The summed E-state index contributed by atoms with van der Waals surface area (Å²) in [4.78, 5) is 29.4. The molecule has 0 aromatic rings. The van der Waals surface area contributed by atoms with Gasteiger partial charge in [-0.15, -0.1) is 0 Å². The van der Waals surface area contributed by atoms with Crippen LogP contribution in [0.15, 0.2) is 0 Å². The molecule has 8 N–H and O–H groups in total. The highest BCUT2D eigenvalue weighted by atomic mass is 16.7. The summed E-state index contributed by atoms with van der Waals surface area (Å²) in [5.41, 5.74) is 11.2. The molecule has 30 heavy (non-hydrogen) atoms. The van der Waals surface area contributed by atoms with Crippen LogP contribution < -0.4 is 32.9 Å². The summed E-state index contributed by atoms with van der Waals surface area (Å²) >= 11 is 0. The van der Waals surface area contributed by atoms with E-state index in [4.69, 9.17) is 25.8 Å². The normalized spacial score (nSPS) is 15.2. The Kier molecular flexibility index (Phi) is 12.4. The summed E-state index contributed by atoms with van der Waals surface area (Å²) in [6.07, 6.45) is 0.285. The molecule has 0 heterocycles. The van der Waals surface area contributed by atoms with Gasteiger partial charge in [0.05, 0.1) is 43.8 Å². The van der Waals surface area contributed by atoms with Crippen molar-refractivity contribution in [3.8, 4) is 0 Å². The van der Waals surface area contributed by atoms with Gasteiger partial charge in [0.25, 0.3) is 0 Å². The zero-order chi connectivity index (χ0) is 23.4. The first-order valence-electron chi connectivity index (χ1n) is 10.2. The van der Waals surface area contributed by atoms with Crippen LogP contribution in [0, 0.1) is 5.41 Å². The summed E-state index contributed by atoms with van der Waals surface area (Å²) < 4.78 is 11.6. The van der Waals surface area contributed by atoms with Gasteiger partial charge in [-0.05, 0) is 41.2 Å². The quantitative estimate of drug-likeness (QED) is 0.152. The predicted octanol–water partition coefficient (Wildman–Crippen LogP) is -0.239. The van der Waals surface area contributed by atoms with Gasteiger partial charge in [0.2, 0.25) is 5.91 Å². The van der Waals surface area contributed by atoms with Crippen molar-refractivity contribution in [1.82, 2.24) is 21.4 Å². The maximum atomic E-state index is 12.1. The zero-order valence-corrected chi connectivity index (χ0v) is 19.5. The van der Waals surface area contributed by atoms with Crippen molar-refractivity contribution in [3.63, 3.8) is 0 Å². The van der Waals surface area contributed by atoms with Gasteiger partial charge in [0.15, 0.2) is 0 Å². The average molecular weight is 435 g/mol. The van der Waals surface area contributed by atoms with Crippen molar-refractivity contribution >= 4 is 11.9 Å². The lowest BCUT2D eigenvalue weighted by atomic mass is 9.86. The molecule has 2 unspecified atom stereocenters. The van der Waals surface area contributed by atoms with E-state index in [1.54, 1.807) is 20.9 Å². The predicted molar refractivity (Wildman–Crippen MR) is 115 cm³/mol. The fraction of sp³-hybridized carbons (Fsp3) is 0.895. The number of hydroxylamine groups is 1. The van der Waals surface area contributed by atoms with Crippen LogP contribution in [-0.4, -0.2) is 69.4 Å². The van der Waals surface area contributed by atoms with Gasteiger partial charge < -0.3 is 36.9 Å². The van der Waals surface area contributed by atoms with E-state index < -0.39 is 22.6 Å². The molecule has 3 amide bonds. The van der Waals surface area contributed by atoms with Crippen molar-refractivity contribution in [2.45, 2.75) is 65.3 Å². The lowest BCUT2D eigenvalue weighted by molar-refractivity contribution is -0.132. The molecule has 0 saturated heterocycles. The second-order valence-corrected chi connectivity index (χ2v) is 8.65. The number of nitrogens with one attached hydrogen (secondary N) is 4. The maximum Gasteiger partial charge on any atom is 0.340 e. The van der Waals surface area contributed by atoms with Crippen LogP contribution >= 0.6 is 0 Å². The van der Waals surface area contributed by atoms with Crippen molar-refractivity contribution in [2.24, 2.45) is 16.9 Å². The Morgan fingerprint density at radius 1 is 1.10 bits per heavy atom. The molecule has 0 bridgehead atoms. The summed E-state index contributed by atoms with van der Waals surface area (Å²) in [6.45, 7) is 12.0. The van der Waals surface area contributed by atoms with Crippen LogP contribution in [0.2, 0.25) is 0 Å². The number of rotatable bonds is 15. The highest BCUT2D eigenvalue weighted by Gasteiger charge is 2.34. The number of hydrogen-bond donors (Lipinski definition) is 6. The van der Waals surface area contributed by atoms with Gasteiger partial charge in [0.1, 0.15) is 0 Å². The second-order valence-electron chi connectivity index (χ2n) is 8.65. The first-order chi connectivity index (χ1) is 13.8. The number of carbonyl (C=O) groups is 2. The fourth-order valence-corrected chi connectivity index (χ4v) is 2.70. The van der Waals surface area contributed by atoms with E-state index in [9.17, 15) is 9.59 Å². The van der Waals surface area contributed by atoms with Crippen LogP contribution in [0.3, 0.4) is 0 Å². The molecule has 2 atom stereocenters. The molecule has 11 heteroatoms. The average Bonchev–Trinajstić information content (AvgIpc) is 2.62. The number of likely N-dealkylation sites (N-methyl/N-ethyl adjacent to an activating group) is 1. The van der Waals surface area contributed by atoms with Crippen molar-refractivity contribution < 1.29 is 23.9 Å². The lowest BCUT2D eigenvalue weighted by Crippen LogP contribution is -2.58. The smallest absolute Gasteiger partial charge is 0.340 e. The van der Waals surface area contributed by atoms with E-state index in [1.165, 1.54) is 0 Å². The van der Waals surface area contributed by atoms with Gasteiger partial charge in [-0.25, -0.2) is 10.3 Å². The lowest BCUT2D eigenvalue weighted by Gasteiger charge is -2.35. The molecule has 0 aromatic carbocycles. The van der Waals surface area contributed by atoms with Crippen LogP contribution in [0.1, 0.15) is 48.0 Å². The van der Waals surface area contributed by atoms with E-state index in [2.05, 4.69) is 21.4 Å². The molecule has 0 fully saturated rings. The van der Waals surface area contributed by atoms with E-state index in [0.29, 0.717) is 19.6 Å². The SMILES string of the molecule is CCOCC(CONC(=O)NC(C)(C)N)(COC(C)CC(C)(C)C(=O)NCN)NC. The topological polar surface area (TPSA) is 162 Å². The summed E-state index contributed by atoms with van der Waals surface area (Å²) in [7, 11) is 1.76. The Bertz CT molecular complexity index is 526. The van der Waals surface area contributed by atoms with E-state index in [-0.39, 0.29) is 31.9 Å². The van der Waals surface area contributed by atoms with Crippen molar-refractivity contribution in [3.05, 3.63) is 0 Å². The Hall–Kier alpha value is -1.50. The molecule has 0 aliphatic carbocycles. The van der Waals surface area contributed by atoms with Crippen LogP contribution in [0.4, 0.5) is 4.79 Å². The Morgan fingerprint density at radius 2 is 1.73 bits per heavy atom. The molecule has 0 aromatic heterocycles. The third kappa shape index (κ3) is 11.6. The third-order valence-corrected chi connectivity index (χ3v) is 4.38. The number of amides is 3. The molecule has 0 radical (unpaired) electrons. The molecule has 0 saturated carbocycles. The molecular formula is C19H42N6O5. The van der Waals surface area contributed by atoms with Gasteiger partial charge in [0, 0.05) is 12.0 Å². The van der Waals surface area contributed by atoms with Gasteiger partial charge in [-0.1, -0.05) is 13.8 Å². The number of nitrogens with two attached hydrogens (primary N) is 2. The van der Waals surface area contributed by atoms with Gasteiger partial charge in [-0.3, -0.25) is 9.63 Å². The van der Waals surface area contributed by atoms with Crippen molar-refractivity contribution in [2.75, 3.05) is 40.1 Å². The number of hydrogen-bond acceptors (Lipinski definition) is 8. The van der Waals surface area contributed by atoms with Crippen LogP contribution in [0.25, 0.3) is 0 Å². The first-order valence-corrected chi connectivity index (χ1v) is 10.2. The highest BCUT2D eigenvalue weighted by Crippen LogP contribution is 2.24. The fourth-order valence-electron chi connectivity index (χ4n) is 2.70. The van der Waals surface area contributed by atoms with E-state index in [0.717, 1.165) is 0 Å². The van der Waals surface area contributed by atoms with Crippen molar-refractivity contribution in [1.29, 1.82) is 0 Å². The minimum atomic E-state index is -0.875. The molecule has 0 aliphatic heterocycles. The minimum absolute atomic E-state index is 0.0890. The third-order valence-electron chi connectivity index (χ3n) is 4.38. The summed E-state index contributed by atoms with van der Waals surface area (Å²) in [5, 5.41) is 8.34. The highest BCUT2D eigenvalue weighted by molar-refractivity contribution is 5.81. The summed E-state index contributed by atoms with van der Waals surface area (Å²) in [5.74, 6) is -0.129. The zero-order valence-electron chi connectivity index (χ0n) is 19.5. The first kappa shape index (κ1) is 28.5. The maximum absolute atomic E-state index is 12.1. The Labute approximate surface area is 180 Å². The standard InChI is InChI=1S/C19H42N6O5/c1-8-28-10-19(22-7,12-30-25-16(27)24-18(5,6)21)11-29-14(2)9-17(3,4)15(26)23-13-20/h14,22H,8-13,20-21H2,1-7H3,(H,23,26)(H2,24,25,27). The Balaban J connectivity index is 4.87. The molecule has 0 aliphatic rings. The second kappa shape index (κ2) is 13.0. The number of urea groups is 1. The van der Waals surface area contributed by atoms with Crippen LogP contribution in [0.5, 0.6) is 0 Å². The van der Waals surface area contributed by atoms with E-state index >= 15 is 0 Å².